The van der Waals surface area contributed by atoms with Gasteiger partial charge in [-0.1, -0.05) is 0 Å². The van der Waals surface area contributed by atoms with Crippen molar-refractivity contribution in [2.75, 3.05) is 14.2 Å². The van der Waals surface area contributed by atoms with E-state index < -0.39 is 18.4 Å². The Morgan fingerprint density at radius 2 is 1.36 bits per heavy atom. The molecule has 128 valence electrons. The summed E-state index contributed by atoms with van der Waals surface area (Å²) in [4.78, 5) is 0. The molecular weight excluding hydrogens is 399 g/mol. The Labute approximate surface area is 145 Å². The van der Waals surface area contributed by atoms with Gasteiger partial charge < -0.3 is 0 Å². The van der Waals surface area contributed by atoms with E-state index in [0.717, 1.165) is 11.5 Å². The average Bonchev–Trinajstić information content (AvgIpc) is 2.98. The molecule has 0 aliphatic rings. The molecule has 22 heavy (non-hydrogen) atoms. The third-order valence-corrected chi connectivity index (χ3v) is 23.9. The molecule has 0 aromatic carbocycles. The second-order valence-corrected chi connectivity index (χ2v) is 21.2. The van der Waals surface area contributed by atoms with E-state index in [1.807, 2.05) is 18.4 Å². The Balaban J connectivity index is 3.21. The Hall–Kier alpha value is 0.0987. The van der Waals surface area contributed by atoms with Crippen molar-refractivity contribution in [3.8, 4) is 11.5 Å². The van der Waals surface area contributed by atoms with Crippen LogP contribution in [0.1, 0.15) is 59.3 Å². The maximum atomic E-state index is 5.79. The van der Waals surface area contributed by atoms with E-state index in [9.17, 15) is 0 Å². The van der Waals surface area contributed by atoms with Crippen LogP contribution < -0.4 is 12.4 Å². The van der Waals surface area contributed by atoms with Gasteiger partial charge in [-0.3, -0.25) is 0 Å². The molecule has 0 fully saturated rings. The molecule has 0 spiro atoms. The van der Waals surface area contributed by atoms with Crippen LogP contribution in [-0.2, 0) is 0 Å². The van der Waals surface area contributed by atoms with E-state index in [1.165, 1.54) is 51.8 Å². The number of ether oxygens (including phenoxy) is 2. The van der Waals surface area contributed by atoms with Crippen molar-refractivity contribution in [3.05, 3.63) is 5.38 Å². The maximum absolute atomic E-state index is 5.79. The van der Waals surface area contributed by atoms with Gasteiger partial charge in [0.15, 0.2) is 0 Å². The predicted molar refractivity (Wildman–Crippen MR) is 102 cm³/mol. The third-order valence-electron chi connectivity index (χ3n) is 4.65. The summed E-state index contributed by atoms with van der Waals surface area (Å²) in [6, 6.07) is 0. The molecule has 4 heteroatoms. The molecule has 0 aliphatic carbocycles. The molecule has 1 heterocycles. The molecule has 1 aromatic heterocycles. The summed E-state index contributed by atoms with van der Waals surface area (Å²) in [5.41, 5.74) is 0. The third kappa shape index (κ3) is 5.05. The summed E-state index contributed by atoms with van der Waals surface area (Å²) >= 11 is -0.453. The van der Waals surface area contributed by atoms with Gasteiger partial charge >= 0.3 is 146 Å². The van der Waals surface area contributed by atoms with Crippen molar-refractivity contribution in [1.29, 1.82) is 0 Å². The summed E-state index contributed by atoms with van der Waals surface area (Å²) in [6.45, 7) is 6.97. The van der Waals surface area contributed by atoms with Gasteiger partial charge in [-0.2, -0.15) is 0 Å². The van der Waals surface area contributed by atoms with Crippen LogP contribution in [0.2, 0.25) is 13.3 Å². The van der Waals surface area contributed by atoms with Gasteiger partial charge in [-0.25, -0.2) is 0 Å². The Kier molecular flexibility index (Phi) is 9.88. The molecule has 2 nitrogen and oxygen atoms in total. The van der Waals surface area contributed by atoms with Crippen molar-refractivity contribution < 1.29 is 9.47 Å². The van der Waals surface area contributed by atoms with E-state index in [4.69, 9.17) is 9.47 Å². The molecule has 0 atom stereocenters. The van der Waals surface area contributed by atoms with Gasteiger partial charge in [0.2, 0.25) is 0 Å². The van der Waals surface area contributed by atoms with Gasteiger partial charge in [0.25, 0.3) is 0 Å². The van der Waals surface area contributed by atoms with Crippen molar-refractivity contribution in [1.82, 2.24) is 0 Å². The molecular formula is C18H34O2SSn. The topological polar surface area (TPSA) is 18.5 Å². The van der Waals surface area contributed by atoms with E-state index in [1.54, 1.807) is 10.0 Å². The van der Waals surface area contributed by atoms with Crippen molar-refractivity contribution in [2.45, 2.75) is 72.6 Å². The summed E-state index contributed by atoms with van der Waals surface area (Å²) in [7, 11) is 3.57. The fraction of sp³-hybridized carbons (Fsp3) is 0.778. The number of hydrogen-bond donors (Lipinski definition) is 0. The van der Waals surface area contributed by atoms with Gasteiger partial charge in [-0.15, -0.1) is 0 Å². The van der Waals surface area contributed by atoms with E-state index in [0.29, 0.717) is 0 Å². The number of thiophene rings is 1. The van der Waals surface area contributed by atoms with Gasteiger partial charge in [0.1, 0.15) is 0 Å². The first-order valence-corrected chi connectivity index (χ1v) is 17.2. The summed E-state index contributed by atoms with van der Waals surface area (Å²) in [6.07, 6.45) is 8.07. The molecule has 0 unspecified atom stereocenters. The molecule has 1 aromatic rings. The molecule has 0 saturated carbocycles. The zero-order valence-corrected chi connectivity index (χ0v) is 18.8. The van der Waals surface area contributed by atoms with Crippen molar-refractivity contribution in [2.24, 2.45) is 0 Å². The summed E-state index contributed by atoms with van der Waals surface area (Å²) in [5.74, 6) is 2.03. The van der Waals surface area contributed by atoms with Crippen LogP contribution in [0.25, 0.3) is 0 Å². The first kappa shape index (κ1) is 20.1. The molecule has 0 bridgehead atoms. The van der Waals surface area contributed by atoms with Crippen LogP contribution in [0.5, 0.6) is 11.5 Å². The quantitative estimate of drug-likeness (QED) is 0.387. The Bertz CT molecular complexity index is 395. The number of unbranched alkanes of at least 4 members (excludes halogenated alkanes) is 3. The normalized spacial score (nSPS) is 11.7. The monoisotopic (exact) mass is 434 g/mol. The molecule has 0 saturated heterocycles. The number of hydrogen-bond acceptors (Lipinski definition) is 3. The fourth-order valence-corrected chi connectivity index (χ4v) is 23.9. The molecule has 0 aliphatic heterocycles. The molecule has 0 radical (unpaired) electrons. The van der Waals surface area contributed by atoms with E-state index >= 15 is 0 Å². The standard InChI is InChI=1S/C6H7O2S.3C4H9.Sn/c1-7-5-3-9-4-6(5)8-2;3*1-3-4-2;/h3H,1-2H3;3*1,3-4H2,2H3;. The average molecular weight is 433 g/mol. The second kappa shape index (κ2) is 10.8. The molecule has 0 amide bonds. The van der Waals surface area contributed by atoms with E-state index in [2.05, 4.69) is 26.2 Å². The minimum absolute atomic E-state index is 0.952. The van der Waals surface area contributed by atoms with Crippen LogP contribution in [0.15, 0.2) is 5.38 Å². The van der Waals surface area contributed by atoms with Gasteiger partial charge in [-0.05, 0) is 0 Å². The number of methoxy groups -OCH3 is 2. The first-order valence-electron chi connectivity index (χ1n) is 8.89. The molecule has 1 rings (SSSR count). The zero-order chi connectivity index (χ0) is 16.4. The Morgan fingerprint density at radius 1 is 0.864 bits per heavy atom. The minimum atomic E-state index is -2.38. The predicted octanol–water partition coefficient (Wildman–Crippen LogP) is 5.82. The van der Waals surface area contributed by atoms with Crippen LogP contribution in [0.4, 0.5) is 0 Å². The summed E-state index contributed by atoms with van der Waals surface area (Å²) in [5, 5.41) is 2.17. The van der Waals surface area contributed by atoms with Gasteiger partial charge in [0.05, 0.1) is 0 Å². The first-order chi connectivity index (χ1) is 10.7. The van der Waals surface area contributed by atoms with E-state index in [-0.39, 0.29) is 0 Å². The number of rotatable bonds is 12. The van der Waals surface area contributed by atoms with Crippen LogP contribution in [-0.4, -0.2) is 32.6 Å². The van der Waals surface area contributed by atoms with Crippen molar-refractivity contribution in [3.63, 3.8) is 0 Å². The Morgan fingerprint density at radius 3 is 1.73 bits per heavy atom. The SMILES string of the molecule is CCC[CH2][Sn]([CH2]CCC)([CH2]CCC)[c]1scc(OC)c1OC. The van der Waals surface area contributed by atoms with Gasteiger partial charge in [0, 0.05) is 0 Å². The van der Waals surface area contributed by atoms with Crippen LogP contribution in [0.3, 0.4) is 0 Å². The van der Waals surface area contributed by atoms with Crippen LogP contribution in [0, 0.1) is 0 Å². The molecule has 0 N–H and O–H groups in total. The fourth-order valence-electron chi connectivity index (χ4n) is 3.29. The summed E-state index contributed by atoms with van der Waals surface area (Å²) < 4.78 is 17.4. The zero-order valence-electron chi connectivity index (χ0n) is 15.2. The second-order valence-electron chi connectivity index (χ2n) is 6.26. The van der Waals surface area contributed by atoms with Crippen molar-refractivity contribution >= 4 is 32.6 Å². The van der Waals surface area contributed by atoms with Crippen LogP contribution >= 0.6 is 11.3 Å².